The van der Waals surface area contributed by atoms with Crippen LogP contribution in [0.4, 0.5) is 0 Å². The first kappa shape index (κ1) is 16.5. The van der Waals surface area contributed by atoms with Crippen molar-refractivity contribution in [3.63, 3.8) is 0 Å². The maximum atomic E-state index is 12.9. The van der Waals surface area contributed by atoms with Crippen LogP contribution in [0.25, 0.3) is 0 Å². The van der Waals surface area contributed by atoms with Crippen LogP contribution >= 0.6 is 0 Å². The van der Waals surface area contributed by atoms with Gasteiger partial charge in [-0.3, -0.25) is 0 Å². The molecular formula is C16H26N2O2S. The van der Waals surface area contributed by atoms with E-state index >= 15 is 0 Å². The second-order valence-electron chi connectivity index (χ2n) is 6.25. The molecule has 2 N–H and O–H groups in total. The highest BCUT2D eigenvalue weighted by Crippen LogP contribution is 2.30. The Morgan fingerprint density at radius 3 is 2.67 bits per heavy atom. The third-order valence-corrected chi connectivity index (χ3v) is 6.62. The fourth-order valence-corrected chi connectivity index (χ4v) is 4.80. The zero-order valence-electron chi connectivity index (χ0n) is 13.2. The maximum Gasteiger partial charge on any atom is 0.243 e. The van der Waals surface area contributed by atoms with Gasteiger partial charge in [0.05, 0.1) is 4.90 Å². The summed E-state index contributed by atoms with van der Waals surface area (Å²) >= 11 is 0. The van der Waals surface area contributed by atoms with Crippen LogP contribution < -0.4 is 5.73 Å². The van der Waals surface area contributed by atoms with Gasteiger partial charge >= 0.3 is 0 Å². The summed E-state index contributed by atoms with van der Waals surface area (Å²) in [4.78, 5) is 0.395. The summed E-state index contributed by atoms with van der Waals surface area (Å²) in [5.74, 6) is 0.595. The fourth-order valence-electron chi connectivity index (χ4n) is 3.13. The number of hydrogen-bond donors (Lipinski definition) is 1. The summed E-state index contributed by atoms with van der Waals surface area (Å²) < 4.78 is 27.4. The molecule has 5 heteroatoms. The number of nitrogens with zero attached hydrogens (tertiary/aromatic N) is 1. The van der Waals surface area contributed by atoms with Gasteiger partial charge < -0.3 is 5.73 Å². The van der Waals surface area contributed by atoms with E-state index in [1.54, 1.807) is 17.4 Å². The topological polar surface area (TPSA) is 63.4 Å². The van der Waals surface area contributed by atoms with Gasteiger partial charge in [-0.05, 0) is 42.9 Å². The van der Waals surface area contributed by atoms with Crippen LogP contribution in [0.15, 0.2) is 23.1 Å². The molecule has 1 aromatic carbocycles. The van der Waals surface area contributed by atoms with Crippen molar-refractivity contribution in [2.75, 3.05) is 7.05 Å². The van der Waals surface area contributed by atoms with Crippen molar-refractivity contribution >= 4 is 10.0 Å². The van der Waals surface area contributed by atoms with Crippen LogP contribution in [0.2, 0.25) is 0 Å². The largest absolute Gasteiger partial charge is 0.326 e. The van der Waals surface area contributed by atoms with Crippen LogP contribution in [0, 0.1) is 12.8 Å². The minimum atomic E-state index is -3.45. The van der Waals surface area contributed by atoms with E-state index in [-0.39, 0.29) is 6.04 Å². The predicted octanol–water partition coefficient (Wildman–Crippen LogP) is 2.65. The standard InChI is InChI=1S/C16H26N2O2S/c1-12-5-4-6-15(9-12)18(3)21(19,20)16-10-14(11-17)8-7-13(16)2/h7-8,10,12,15H,4-6,9,11,17H2,1-3H3. The van der Waals surface area contributed by atoms with Crippen molar-refractivity contribution in [1.82, 2.24) is 4.31 Å². The Hall–Kier alpha value is -0.910. The number of sulfonamides is 1. The van der Waals surface area contributed by atoms with Crippen molar-refractivity contribution in [1.29, 1.82) is 0 Å². The molecular weight excluding hydrogens is 284 g/mol. The molecule has 0 amide bonds. The number of benzene rings is 1. The maximum absolute atomic E-state index is 12.9. The number of nitrogens with two attached hydrogens (primary N) is 1. The van der Waals surface area contributed by atoms with E-state index in [9.17, 15) is 8.42 Å². The third-order valence-electron chi connectivity index (χ3n) is 4.57. The molecule has 1 aromatic rings. The van der Waals surface area contributed by atoms with Gasteiger partial charge in [-0.15, -0.1) is 0 Å². The molecule has 21 heavy (non-hydrogen) atoms. The lowest BCUT2D eigenvalue weighted by Gasteiger charge is -2.33. The number of aryl methyl sites for hydroxylation is 1. The molecule has 0 bridgehead atoms. The molecule has 1 saturated carbocycles. The Labute approximate surface area is 128 Å². The summed E-state index contributed by atoms with van der Waals surface area (Å²) in [5.41, 5.74) is 7.27. The zero-order valence-corrected chi connectivity index (χ0v) is 14.0. The van der Waals surface area contributed by atoms with E-state index in [0.717, 1.165) is 30.4 Å². The van der Waals surface area contributed by atoms with Gasteiger partial charge in [0.25, 0.3) is 0 Å². The normalized spacial score (nSPS) is 23.5. The van der Waals surface area contributed by atoms with Gasteiger partial charge in [0, 0.05) is 19.6 Å². The van der Waals surface area contributed by atoms with E-state index in [1.165, 1.54) is 6.42 Å². The highest BCUT2D eigenvalue weighted by molar-refractivity contribution is 7.89. The van der Waals surface area contributed by atoms with Crippen LogP contribution in [0.3, 0.4) is 0 Å². The Balaban J connectivity index is 2.32. The van der Waals surface area contributed by atoms with Gasteiger partial charge in [-0.2, -0.15) is 4.31 Å². The minimum Gasteiger partial charge on any atom is -0.326 e. The smallest absolute Gasteiger partial charge is 0.243 e. The molecule has 0 spiro atoms. The number of hydrogen-bond acceptors (Lipinski definition) is 3. The molecule has 4 nitrogen and oxygen atoms in total. The first-order chi connectivity index (χ1) is 9.86. The summed E-state index contributed by atoms with van der Waals surface area (Å²) in [6, 6.07) is 5.55. The van der Waals surface area contributed by atoms with Crippen molar-refractivity contribution < 1.29 is 8.42 Å². The summed E-state index contributed by atoms with van der Waals surface area (Å²) in [5, 5.41) is 0. The van der Waals surface area contributed by atoms with Crippen LogP contribution in [0.1, 0.15) is 43.7 Å². The SMILES string of the molecule is Cc1ccc(CN)cc1S(=O)(=O)N(C)C1CCCC(C)C1. The second-order valence-corrected chi connectivity index (χ2v) is 8.22. The zero-order chi connectivity index (χ0) is 15.6. The lowest BCUT2D eigenvalue weighted by atomic mass is 9.87. The van der Waals surface area contributed by atoms with Gasteiger partial charge in [0.1, 0.15) is 0 Å². The Morgan fingerprint density at radius 2 is 2.05 bits per heavy atom. The van der Waals surface area contributed by atoms with Gasteiger partial charge in [-0.1, -0.05) is 31.9 Å². The molecule has 1 aliphatic rings. The Kier molecular flexibility index (Phi) is 5.07. The van der Waals surface area contributed by atoms with Crippen molar-refractivity contribution in [3.8, 4) is 0 Å². The molecule has 1 aliphatic carbocycles. The highest BCUT2D eigenvalue weighted by Gasteiger charge is 2.31. The van der Waals surface area contributed by atoms with E-state index in [4.69, 9.17) is 5.73 Å². The molecule has 0 radical (unpaired) electrons. The fraction of sp³-hybridized carbons (Fsp3) is 0.625. The monoisotopic (exact) mass is 310 g/mol. The average molecular weight is 310 g/mol. The Bertz CT molecular complexity index is 598. The van der Waals surface area contributed by atoms with E-state index in [0.29, 0.717) is 17.4 Å². The molecule has 2 atom stereocenters. The third kappa shape index (κ3) is 3.47. The molecule has 0 saturated heterocycles. The summed E-state index contributed by atoms with van der Waals surface area (Å²) in [6.45, 7) is 4.39. The van der Waals surface area contributed by atoms with Crippen LogP contribution in [-0.4, -0.2) is 25.8 Å². The van der Waals surface area contributed by atoms with Gasteiger partial charge in [0.15, 0.2) is 0 Å². The number of rotatable bonds is 4. The lowest BCUT2D eigenvalue weighted by molar-refractivity contribution is 0.239. The molecule has 0 aromatic heterocycles. The van der Waals surface area contributed by atoms with E-state index in [1.807, 2.05) is 19.1 Å². The molecule has 0 aliphatic heterocycles. The quantitative estimate of drug-likeness (QED) is 0.930. The molecule has 2 unspecified atom stereocenters. The predicted molar refractivity (Wildman–Crippen MR) is 85.4 cm³/mol. The minimum absolute atomic E-state index is 0.111. The summed E-state index contributed by atoms with van der Waals surface area (Å²) in [7, 11) is -1.73. The van der Waals surface area contributed by atoms with Crippen LogP contribution in [-0.2, 0) is 16.6 Å². The van der Waals surface area contributed by atoms with Crippen molar-refractivity contribution in [3.05, 3.63) is 29.3 Å². The molecule has 1 fully saturated rings. The van der Waals surface area contributed by atoms with Crippen LogP contribution in [0.5, 0.6) is 0 Å². The molecule has 2 rings (SSSR count). The van der Waals surface area contributed by atoms with Crippen molar-refractivity contribution in [2.24, 2.45) is 11.7 Å². The van der Waals surface area contributed by atoms with E-state index < -0.39 is 10.0 Å². The lowest BCUT2D eigenvalue weighted by Crippen LogP contribution is -2.40. The molecule has 118 valence electrons. The van der Waals surface area contributed by atoms with Gasteiger partial charge in [0.2, 0.25) is 10.0 Å². The highest BCUT2D eigenvalue weighted by atomic mass is 32.2. The van der Waals surface area contributed by atoms with Crippen molar-refractivity contribution in [2.45, 2.75) is 57.0 Å². The van der Waals surface area contributed by atoms with E-state index in [2.05, 4.69) is 6.92 Å². The average Bonchev–Trinajstić information content (AvgIpc) is 2.46. The second kappa shape index (κ2) is 6.46. The summed E-state index contributed by atoms with van der Waals surface area (Å²) in [6.07, 6.45) is 4.21. The Morgan fingerprint density at radius 1 is 1.33 bits per heavy atom. The van der Waals surface area contributed by atoms with Gasteiger partial charge in [-0.25, -0.2) is 8.42 Å². The molecule has 0 heterocycles. The first-order valence-electron chi connectivity index (χ1n) is 7.64. The first-order valence-corrected chi connectivity index (χ1v) is 9.08.